The lowest BCUT2D eigenvalue weighted by molar-refractivity contribution is 0.164. The summed E-state index contributed by atoms with van der Waals surface area (Å²) in [6, 6.07) is 7.81. The molecule has 0 aromatic heterocycles. The van der Waals surface area contributed by atoms with E-state index in [1.165, 1.54) is 0 Å². The van der Waals surface area contributed by atoms with Crippen LogP contribution in [0.15, 0.2) is 24.3 Å². The number of benzene rings is 1. The molecule has 2 heteroatoms. The van der Waals surface area contributed by atoms with Gasteiger partial charge in [-0.25, -0.2) is 0 Å². The molecule has 13 heavy (non-hydrogen) atoms. The maximum atomic E-state index is 9.71. The molecule has 1 aromatic carbocycles. The summed E-state index contributed by atoms with van der Waals surface area (Å²) in [5, 5.41) is 10.5. The molecule has 2 unspecified atom stereocenters. The van der Waals surface area contributed by atoms with Gasteiger partial charge in [0.25, 0.3) is 0 Å². The number of halogens is 1. The predicted octanol–water partition coefficient (Wildman–Crippen LogP) is 2.97. The number of aliphatic hydroxyl groups excluding tert-OH is 1. The van der Waals surface area contributed by atoms with E-state index in [0.29, 0.717) is 0 Å². The van der Waals surface area contributed by atoms with Gasteiger partial charge in [-0.1, -0.05) is 36.2 Å². The Hall–Kier alpha value is -0.530. The smallest absolute Gasteiger partial charge is 0.0609 e. The molecule has 1 N–H and O–H groups in total. The summed E-state index contributed by atoms with van der Waals surface area (Å²) >= 11 is 6.06. The van der Waals surface area contributed by atoms with Crippen LogP contribution in [-0.4, -0.2) is 11.2 Å². The molecule has 1 aromatic rings. The van der Waals surface area contributed by atoms with Gasteiger partial charge in [-0.05, 0) is 24.5 Å². The highest BCUT2D eigenvalue weighted by molar-refractivity contribution is 6.31. The molecule has 0 amide bonds. The highest BCUT2D eigenvalue weighted by atomic mass is 35.5. The molecule has 1 aliphatic carbocycles. The molecule has 1 saturated carbocycles. The SMILES string of the molecule is OC1CCCC1c1ccccc1Cl. The van der Waals surface area contributed by atoms with Crippen molar-refractivity contribution in [3.05, 3.63) is 34.9 Å². The van der Waals surface area contributed by atoms with Gasteiger partial charge in [-0.3, -0.25) is 0 Å². The molecule has 2 rings (SSSR count). The zero-order valence-corrected chi connectivity index (χ0v) is 8.17. The van der Waals surface area contributed by atoms with E-state index >= 15 is 0 Å². The van der Waals surface area contributed by atoms with Crippen molar-refractivity contribution in [2.75, 3.05) is 0 Å². The van der Waals surface area contributed by atoms with Crippen LogP contribution in [0.2, 0.25) is 5.02 Å². The minimum absolute atomic E-state index is 0.195. The Labute approximate surface area is 83.3 Å². The summed E-state index contributed by atoms with van der Waals surface area (Å²) < 4.78 is 0. The van der Waals surface area contributed by atoms with Gasteiger partial charge >= 0.3 is 0 Å². The maximum absolute atomic E-state index is 9.71. The Morgan fingerprint density at radius 2 is 2.00 bits per heavy atom. The molecule has 1 fully saturated rings. The van der Waals surface area contributed by atoms with Crippen LogP contribution in [0, 0.1) is 0 Å². The van der Waals surface area contributed by atoms with Crippen molar-refractivity contribution < 1.29 is 5.11 Å². The fourth-order valence-corrected chi connectivity index (χ4v) is 2.35. The van der Waals surface area contributed by atoms with Gasteiger partial charge < -0.3 is 5.11 Å². The third-order valence-corrected chi connectivity index (χ3v) is 3.13. The molecule has 2 atom stereocenters. The van der Waals surface area contributed by atoms with Crippen molar-refractivity contribution in [2.24, 2.45) is 0 Å². The van der Waals surface area contributed by atoms with Crippen molar-refractivity contribution in [3.63, 3.8) is 0 Å². The normalized spacial score (nSPS) is 27.8. The Balaban J connectivity index is 2.29. The standard InChI is InChI=1S/C11H13ClO/c12-10-6-2-1-4-8(10)9-5-3-7-11(9)13/h1-2,4,6,9,11,13H,3,5,7H2. The Morgan fingerprint density at radius 3 is 2.62 bits per heavy atom. The first kappa shape index (κ1) is 9.04. The molecule has 0 radical (unpaired) electrons. The second-order valence-electron chi connectivity index (χ2n) is 3.63. The van der Waals surface area contributed by atoms with E-state index in [9.17, 15) is 5.11 Å². The molecular weight excluding hydrogens is 184 g/mol. The van der Waals surface area contributed by atoms with Crippen molar-refractivity contribution in [2.45, 2.75) is 31.3 Å². The van der Waals surface area contributed by atoms with E-state index in [4.69, 9.17) is 11.6 Å². The van der Waals surface area contributed by atoms with Gasteiger partial charge in [0, 0.05) is 10.9 Å². The Kier molecular flexibility index (Phi) is 2.56. The molecule has 0 spiro atoms. The average molecular weight is 197 g/mol. The van der Waals surface area contributed by atoms with E-state index < -0.39 is 0 Å². The van der Waals surface area contributed by atoms with Crippen LogP contribution >= 0.6 is 11.6 Å². The van der Waals surface area contributed by atoms with Crippen LogP contribution in [0.3, 0.4) is 0 Å². The monoisotopic (exact) mass is 196 g/mol. The van der Waals surface area contributed by atoms with Crippen molar-refractivity contribution in [1.82, 2.24) is 0 Å². The van der Waals surface area contributed by atoms with Crippen LogP contribution in [0.25, 0.3) is 0 Å². The van der Waals surface area contributed by atoms with Crippen molar-refractivity contribution in [1.29, 1.82) is 0 Å². The number of rotatable bonds is 1. The molecule has 0 heterocycles. The summed E-state index contributed by atoms with van der Waals surface area (Å²) in [5.74, 6) is 0.258. The Morgan fingerprint density at radius 1 is 1.23 bits per heavy atom. The third kappa shape index (κ3) is 1.72. The van der Waals surface area contributed by atoms with Gasteiger partial charge in [0.15, 0.2) is 0 Å². The summed E-state index contributed by atoms with van der Waals surface area (Å²) in [6.07, 6.45) is 2.89. The zero-order valence-electron chi connectivity index (χ0n) is 7.41. The van der Waals surface area contributed by atoms with E-state index in [1.54, 1.807) is 0 Å². The van der Waals surface area contributed by atoms with Gasteiger partial charge in [0.2, 0.25) is 0 Å². The lowest BCUT2D eigenvalue weighted by Gasteiger charge is -2.15. The summed E-state index contributed by atoms with van der Waals surface area (Å²) in [5.41, 5.74) is 1.11. The second kappa shape index (κ2) is 3.69. The lowest BCUT2D eigenvalue weighted by Crippen LogP contribution is -2.11. The largest absolute Gasteiger partial charge is 0.392 e. The predicted molar refractivity (Wildman–Crippen MR) is 54.1 cm³/mol. The zero-order chi connectivity index (χ0) is 9.26. The summed E-state index contributed by atoms with van der Waals surface area (Å²) in [7, 11) is 0. The van der Waals surface area contributed by atoms with Crippen molar-refractivity contribution in [3.8, 4) is 0 Å². The van der Waals surface area contributed by atoms with E-state index in [-0.39, 0.29) is 12.0 Å². The minimum atomic E-state index is -0.195. The molecular formula is C11H13ClO. The summed E-state index contributed by atoms with van der Waals surface area (Å²) in [6.45, 7) is 0. The maximum Gasteiger partial charge on any atom is 0.0609 e. The first-order valence-corrected chi connectivity index (χ1v) is 5.09. The second-order valence-corrected chi connectivity index (χ2v) is 4.03. The van der Waals surface area contributed by atoms with Crippen LogP contribution in [0.4, 0.5) is 0 Å². The topological polar surface area (TPSA) is 20.2 Å². The number of aliphatic hydroxyl groups is 1. The highest BCUT2D eigenvalue weighted by Crippen LogP contribution is 2.37. The summed E-state index contributed by atoms with van der Waals surface area (Å²) in [4.78, 5) is 0. The van der Waals surface area contributed by atoms with Crippen LogP contribution < -0.4 is 0 Å². The average Bonchev–Trinajstić information content (AvgIpc) is 2.52. The number of hydrogen-bond acceptors (Lipinski definition) is 1. The van der Waals surface area contributed by atoms with Gasteiger partial charge in [0.1, 0.15) is 0 Å². The minimum Gasteiger partial charge on any atom is -0.392 e. The molecule has 0 saturated heterocycles. The molecule has 0 bridgehead atoms. The fourth-order valence-electron chi connectivity index (χ4n) is 2.08. The quantitative estimate of drug-likeness (QED) is 0.732. The fraction of sp³-hybridized carbons (Fsp3) is 0.455. The van der Waals surface area contributed by atoms with Gasteiger partial charge in [0.05, 0.1) is 6.10 Å². The van der Waals surface area contributed by atoms with Crippen LogP contribution in [0.5, 0.6) is 0 Å². The van der Waals surface area contributed by atoms with Gasteiger partial charge in [-0.2, -0.15) is 0 Å². The third-order valence-electron chi connectivity index (χ3n) is 2.78. The highest BCUT2D eigenvalue weighted by Gasteiger charge is 2.27. The van der Waals surface area contributed by atoms with Crippen LogP contribution in [-0.2, 0) is 0 Å². The Bertz CT molecular complexity index is 298. The molecule has 1 aliphatic rings. The van der Waals surface area contributed by atoms with E-state index in [1.807, 2.05) is 24.3 Å². The van der Waals surface area contributed by atoms with E-state index in [2.05, 4.69) is 0 Å². The lowest BCUT2D eigenvalue weighted by atomic mass is 9.96. The molecule has 70 valence electrons. The van der Waals surface area contributed by atoms with Crippen LogP contribution in [0.1, 0.15) is 30.7 Å². The molecule has 0 aliphatic heterocycles. The first-order chi connectivity index (χ1) is 6.29. The first-order valence-electron chi connectivity index (χ1n) is 4.71. The number of hydrogen-bond donors (Lipinski definition) is 1. The van der Waals surface area contributed by atoms with Gasteiger partial charge in [-0.15, -0.1) is 0 Å². The van der Waals surface area contributed by atoms with Crippen molar-refractivity contribution >= 4 is 11.6 Å². The van der Waals surface area contributed by atoms with E-state index in [0.717, 1.165) is 29.8 Å². The molecule has 1 nitrogen and oxygen atoms in total.